The maximum Gasteiger partial charge on any atom is 0.252 e. The quantitative estimate of drug-likeness (QED) is 0.510. The molecule has 28 heavy (non-hydrogen) atoms. The van der Waals surface area contributed by atoms with Crippen LogP contribution in [0.15, 0.2) is 36.4 Å². The monoisotopic (exact) mass is 397 g/mol. The molecule has 1 aliphatic heterocycles. The van der Waals surface area contributed by atoms with E-state index in [-0.39, 0.29) is 17.9 Å². The molecule has 1 aliphatic rings. The number of fused-ring (bicyclic) bond motifs is 2. The molecule has 0 spiro atoms. The Labute approximate surface area is 169 Å². The van der Waals surface area contributed by atoms with Crippen LogP contribution in [-0.4, -0.2) is 29.1 Å². The fourth-order valence-corrected chi connectivity index (χ4v) is 3.80. The third-order valence-corrected chi connectivity index (χ3v) is 5.60. The molecule has 146 valence electrons. The summed E-state index contributed by atoms with van der Waals surface area (Å²) in [5, 5.41) is 17.3. The van der Waals surface area contributed by atoms with Crippen molar-refractivity contribution in [2.24, 2.45) is 5.41 Å². The van der Waals surface area contributed by atoms with Gasteiger partial charge >= 0.3 is 0 Å². The summed E-state index contributed by atoms with van der Waals surface area (Å²) >= 11 is 6.26. The number of carbonyl (C=O) groups is 1. The Morgan fingerprint density at radius 1 is 1.21 bits per heavy atom. The highest BCUT2D eigenvalue weighted by Crippen LogP contribution is 2.34. The highest BCUT2D eigenvalue weighted by atomic mass is 35.5. The molecule has 1 aromatic heterocycles. The highest BCUT2D eigenvalue weighted by Gasteiger charge is 2.26. The summed E-state index contributed by atoms with van der Waals surface area (Å²) in [6, 6.07) is 12.1. The lowest BCUT2D eigenvalue weighted by Crippen LogP contribution is -2.31. The summed E-state index contributed by atoms with van der Waals surface area (Å²) in [6.45, 7) is 6.16. The van der Waals surface area contributed by atoms with Gasteiger partial charge in [0.05, 0.1) is 5.56 Å². The van der Waals surface area contributed by atoms with E-state index in [0.717, 1.165) is 40.8 Å². The number of hydrogen-bond donors (Lipinski definition) is 4. The molecule has 5 nitrogen and oxygen atoms in total. The lowest BCUT2D eigenvalue weighted by molar-refractivity contribution is 0.0966. The number of hydrogen-bond acceptors (Lipinski definition) is 3. The number of aromatic nitrogens is 1. The van der Waals surface area contributed by atoms with Gasteiger partial charge in [-0.15, -0.1) is 0 Å². The van der Waals surface area contributed by atoms with Gasteiger partial charge in [-0.1, -0.05) is 37.6 Å². The van der Waals surface area contributed by atoms with Crippen molar-refractivity contribution in [1.82, 2.24) is 15.6 Å². The molecule has 6 heteroatoms. The third kappa shape index (κ3) is 3.53. The van der Waals surface area contributed by atoms with Crippen LogP contribution in [0.3, 0.4) is 0 Å². The molecule has 2 aromatic carbocycles. The zero-order valence-corrected chi connectivity index (χ0v) is 16.8. The number of benzene rings is 2. The highest BCUT2D eigenvalue weighted by molar-refractivity contribution is 6.32. The molecular weight excluding hydrogens is 374 g/mol. The van der Waals surface area contributed by atoms with Gasteiger partial charge in [0.2, 0.25) is 0 Å². The van der Waals surface area contributed by atoms with E-state index in [1.54, 1.807) is 0 Å². The molecule has 4 rings (SSSR count). The van der Waals surface area contributed by atoms with E-state index in [1.165, 1.54) is 5.56 Å². The second kappa shape index (κ2) is 7.24. The molecule has 2 heterocycles. The van der Waals surface area contributed by atoms with Crippen LogP contribution in [0.2, 0.25) is 5.02 Å². The van der Waals surface area contributed by atoms with Gasteiger partial charge in [-0.05, 0) is 29.8 Å². The van der Waals surface area contributed by atoms with E-state index in [0.29, 0.717) is 17.1 Å². The summed E-state index contributed by atoms with van der Waals surface area (Å²) in [5.41, 5.74) is 5.36. The first-order valence-electron chi connectivity index (χ1n) is 9.41. The van der Waals surface area contributed by atoms with E-state index in [2.05, 4.69) is 39.9 Å². The van der Waals surface area contributed by atoms with Crippen LogP contribution < -0.4 is 10.6 Å². The number of aliphatic hydroxyl groups excluding tert-OH is 1. The van der Waals surface area contributed by atoms with Crippen LogP contribution in [0.1, 0.15) is 35.3 Å². The van der Waals surface area contributed by atoms with Crippen molar-refractivity contribution in [3.8, 4) is 11.3 Å². The van der Waals surface area contributed by atoms with Gasteiger partial charge in [0.15, 0.2) is 0 Å². The number of nitrogens with one attached hydrogen (secondary N) is 3. The second-order valence-corrected chi connectivity index (χ2v) is 8.57. The molecule has 0 unspecified atom stereocenters. The molecule has 0 aliphatic carbocycles. The largest absolute Gasteiger partial charge is 0.396 e. The van der Waals surface area contributed by atoms with Gasteiger partial charge in [-0.3, -0.25) is 4.79 Å². The Hall–Kier alpha value is -2.34. The smallest absolute Gasteiger partial charge is 0.252 e. The van der Waals surface area contributed by atoms with Crippen molar-refractivity contribution >= 4 is 28.4 Å². The van der Waals surface area contributed by atoms with Crippen molar-refractivity contribution in [2.45, 2.75) is 26.9 Å². The molecule has 0 saturated carbocycles. The maximum atomic E-state index is 12.3. The fourth-order valence-electron chi connectivity index (χ4n) is 3.57. The lowest BCUT2D eigenvalue weighted by Gasteiger charge is -2.21. The summed E-state index contributed by atoms with van der Waals surface area (Å²) in [5.74, 6) is -0.0810. The number of carbonyl (C=O) groups excluding carboxylic acids is 1. The van der Waals surface area contributed by atoms with E-state index >= 15 is 0 Å². The van der Waals surface area contributed by atoms with E-state index in [1.807, 2.05) is 26.0 Å². The Balaban J connectivity index is 1.62. The normalized spacial score (nSPS) is 13.8. The van der Waals surface area contributed by atoms with Crippen molar-refractivity contribution in [1.29, 1.82) is 0 Å². The molecule has 0 radical (unpaired) electrons. The Bertz CT molecular complexity index is 1060. The first kappa shape index (κ1) is 19.0. The van der Waals surface area contributed by atoms with Crippen LogP contribution in [-0.2, 0) is 13.1 Å². The van der Waals surface area contributed by atoms with Crippen molar-refractivity contribution in [3.63, 3.8) is 0 Å². The minimum atomic E-state index is -0.138. The van der Waals surface area contributed by atoms with Gasteiger partial charge in [0.1, 0.15) is 0 Å². The van der Waals surface area contributed by atoms with Crippen LogP contribution in [0, 0.1) is 5.41 Å². The van der Waals surface area contributed by atoms with Crippen molar-refractivity contribution < 1.29 is 9.90 Å². The van der Waals surface area contributed by atoms with Gasteiger partial charge < -0.3 is 20.7 Å². The van der Waals surface area contributed by atoms with E-state index in [9.17, 15) is 9.90 Å². The predicted molar refractivity (Wildman–Crippen MR) is 112 cm³/mol. The second-order valence-electron chi connectivity index (χ2n) is 8.16. The number of H-pyrrole nitrogens is 1. The fraction of sp³-hybridized carbons (Fsp3) is 0.318. The molecule has 1 amide bonds. The molecule has 0 bridgehead atoms. The van der Waals surface area contributed by atoms with E-state index < -0.39 is 0 Å². The van der Waals surface area contributed by atoms with Crippen molar-refractivity contribution in [2.75, 3.05) is 13.2 Å². The third-order valence-electron chi connectivity index (χ3n) is 5.24. The van der Waals surface area contributed by atoms with Gasteiger partial charge in [-0.2, -0.15) is 0 Å². The predicted octanol–water partition coefficient (Wildman–Crippen LogP) is 3.84. The minimum Gasteiger partial charge on any atom is -0.396 e. The molecular formula is C22H24ClN3O2. The first-order chi connectivity index (χ1) is 13.4. The summed E-state index contributed by atoms with van der Waals surface area (Å²) in [7, 11) is 0. The summed E-state index contributed by atoms with van der Waals surface area (Å²) in [4.78, 5) is 15.7. The standard InChI is InChI=1S/C22H24ClN3O2/c1-22(2,12-27)11-24-9-13-3-6-18-14(7-13)8-19(26-18)15-4-5-17(23)16-10-25-21(28)20(15)16/h3-8,24,26-27H,9-12H2,1-2H3,(H,25,28). The average Bonchev–Trinajstić information content (AvgIpc) is 3.26. The summed E-state index contributed by atoms with van der Waals surface area (Å²) in [6.07, 6.45) is 0. The lowest BCUT2D eigenvalue weighted by atomic mass is 9.95. The number of halogens is 1. The molecule has 0 saturated heterocycles. The van der Waals surface area contributed by atoms with Crippen LogP contribution >= 0.6 is 11.6 Å². The zero-order valence-electron chi connectivity index (χ0n) is 16.0. The van der Waals surface area contributed by atoms with Crippen LogP contribution in [0.5, 0.6) is 0 Å². The number of aliphatic hydroxyl groups is 1. The topological polar surface area (TPSA) is 77.2 Å². The number of amides is 1. The first-order valence-corrected chi connectivity index (χ1v) is 9.79. The molecule has 3 aromatic rings. The minimum absolute atomic E-state index is 0.0810. The van der Waals surface area contributed by atoms with Gasteiger partial charge in [-0.25, -0.2) is 0 Å². The van der Waals surface area contributed by atoms with Gasteiger partial charge in [0, 0.05) is 64.4 Å². The molecule has 4 N–H and O–H groups in total. The number of aromatic amines is 1. The zero-order chi connectivity index (χ0) is 19.9. The Morgan fingerprint density at radius 2 is 2.04 bits per heavy atom. The Kier molecular flexibility index (Phi) is 4.91. The molecule has 0 fully saturated rings. The summed E-state index contributed by atoms with van der Waals surface area (Å²) < 4.78 is 0. The van der Waals surface area contributed by atoms with Crippen molar-refractivity contribution in [3.05, 3.63) is 58.1 Å². The maximum absolute atomic E-state index is 12.3. The average molecular weight is 398 g/mol. The van der Waals surface area contributed by atoms with Crippen LogP contribution in [0.4, 0.5) is 0 Å². The Morgan fingerprint density at radius 3 is 2.82 bits per heavy atom. The van der Waals surface area contributed by atoms with Gasteiger partial charge in [0.25, 0.3) is 5.91 Å². The SMILES string of the molecule is CC(C)(CO)CNCc1ccc2[nH]c(-c3ccc(Cl)c4c3C(=O)NC4)cc2c1. The van der Waals surface area contributed by atoms with E-state index in [4.69, 9.17) is 11.6 Å². The van der Waals surface area contributed by atoms with Crippen LogP contribution in [0.25, 0.3) is 22.2 Å². The number of rotatable bonds is 6. The molecule has 0 atom stereocenters.